The molecule has 0 spiro atoms. The van der Waals surface area contributed by atoms with Gasteiger partial charge in [-0.25, -0.2) is 0 Å². The van der Waals surface area contributed by atoms with Crippen molar-refractivity contribution >= 4 is 0 Å². The number of hydrogen-bond donors (Lipinski definition) is 0. The maximum Gasteiger partial charge on any atom is 0.279 e. The molecule has 5 nitrogen and oxygen atoms in total. The largest absolute Gasteiger partial charge is 0.380 e. The zero-order valence-electron chi connectivity index (χ0n) is 10.5. The predicted molar refractivity (Wildman–Crippen MR) is 58.4 cm³/mol. The molecule has 0 aliphatic carbocycles. The highest BCUT2D eigenvalue weighted by atomic mass is 16.9. The van der Waals surface area contributed by atoms with Crippen molar-refractivity contribution in [3.8, 4) is 0 Å². The highest BCUT2D eigenvalue weighted by Crippen LogP contribution is 2.38. The van der Waals surface area contributed by atoms with Crippen LogP contribution in [-0.4, -0.2) is 52.2 Å². The highest BCUT2D eigenvalue weighted by molar-refractivity contribution is 4.88. The van der Waals surface area contributed by atoms with Crippen molar-refractivity contribution in [2.45, 2.75) is 19.8 Å². The number of rotatable bonds is 4. The van der Waals surface area contributed by atoms with E-state index < -0.39 is 5.97 Å². The quantitative estimate of drug-likeness (QED) is 0.731. The van der Waals surface area contributed by atoms with Crippen LogP contribution in [0, 0.1) is 10.8 Å². The third kappa shape index (κ3) is 2.22. The van der Waals surface area contributed by atoms with E-state index in [9.17, 15) is 0 Å². The number of hydrogen-bond acceptors (Lipinski definition) is 5. The molecular formula is C12H20O5. The fraction of sp³-hybridized carbons (Fsp3) is 1.00. The van der Waals surface area contributed by atoms with E-state index in [1.54, 1.807) is 0 Å². The summed E-state index contributed by atoms with van der Waals surface area (Å²) in [5.41, 5.74) is 0.0653. The molecule has 98 valence electrons. The smallest absolute Gasteiger partial charge is 0.279 e. The lowest BCUT2D eigenvalue weighted by Gasteiger charge is -2.50. The van der Waals surface area contributed by atoms with Crippen molar-refractivity contribution in [3.05, 3.63) is 0 Å². The Morgan fingerprint density at radius 1 is 0.882 bits per heavy atom. The van der Waals surface area contributed by atoms with Crippen molar-refractivity contribution in [1.29, 1.82) is 0 Å². The van der Waals surface area contributed by atoms with Crippen LogP contribution >= 0.6 is 0 Å². The van der Waals surface area contributed by atoms with Crippen LogP contribution in [0.25, 0.3) is 0 Å². The molecule has 0 saturated carbocycles. The summed E-state index contributed by atoms with van der Waals surface area (Å²) in [6.07, 6.45) is 0. The van der Waals surface area contributed by atoms with E-state index in [0.29, 0.717) is 26.4 Å². The summed E-state index contributed by atoms with van der Waals surface area (Å²) in [4.78, 5) is 0. The van der Waals surface area contributed by atoms with Crippen LogP contribution in [0.4, 0.5) is 0 Å². The third-order valence-corrected chi connectivity index (χ3v) is 3.68. The molecule has 0 aromatic heterocycles. The lowest BCUT2D eigenvalue weighted by Crippen LogP contribution is -2.60. The zero-order chi connectivity index (χ0) is 12.0. The van der Waals surface area contributed by atoms with Gasteiger partial charge in [-0.2, -0.15) is 0 Å². The molecule has 4 aliphatic heterocycles. The van der Waals surface area contributed by atoms with Crippen molar-refractivity contribution in [2.24, 2.45) is 10.8 Å². The fourth-order valence-corrected chi connectivity index (χ4v) is 2.28. The average molecular weight is 244 g/mol. The van der Waals surface area contributed by atoms with E-state index in [1.807, 2.05) is 6.92 Å². The highest BCUT2D eigenvalue weighted by Gasteiger charge is 2.50. The molecule has 4 fully saturated rings. The molecule has 4 aliphatic rings. The monoisotopic (exact) mass is 244 g/mol. The number of fused-ring (bicyclic) bond motifs is 3. The van der Waals surface area contributed by atoms with Gasteiger partial charge in [-0.3, -0.25) is 0 Å². The van der Waals surface area contributed by atoms with E-state index in [1.165, 1.54) is 0 Å². The Kier molecular flexibility index (Phi) is 2.72. The van der Waals surface area contributed by atoms with Gasteiger partial charge in [0.25, 0.3) is 5.97 Å². The molecular weight excluding hydrogens is 224 g/mol. The predicted octanol–water partition coefficient (Wildman–Crippen LogP) is 0.777. The summed E-state index contributed by atoms with van der Waals surface area (Å²) in [6.45, 7) is 8.87. The molecule has 0 aromatic carbocycles. The second kappa shape index (κ2) is 3.90. The van der Waals surface area contributed by atoms with Gasteiger partial charge in [0.2, 0.25) is 0 Å². The van der Waals surface area contributed by atoms with Gasteiger partial charge in [-0.05, 0) is 0 Å². The molecule has 0 unspecified atom stereocenters. The van der Waals surface area contributed by atoms with Crippen LogP contribution in [0.15, 0.2) is 0 Å². The van der Waals surface area contributed by atoms with Crippen molar-refractivity contribution < 1.29 is 23.7 Å². The van der Waals surface area contributed by atoms with E-state index in [0.717, 1.165) is 19.8 Å². The maximum atomic E-state index is 5.81. The summed E-state index contributed by atoms with van der Waals surface area (Å²) in [7, 11) is 0. The van der Waals surface area contributed by atoms with Crippen LogP contribution in [0.3, 0.4) is 0 Å². The molecule has 4 saturated heterocycles. The zero-order valence-corrected chi connectivity index (χ0v) is 10.5. The molecule has 0 atom stereocenters. The first-order chi connectivity index (χ1) is 8.04. The minimum absolute atomic E-state index is 0.126. The summed E-state index contributed by atoms with van der Waals surface area (Å²) < 4.78 is 27.6. The van der Waals surface area contributed by atoms with E-state index in [4.69, 9.17) is 23.7 Å². The van der Waals surface area contributed by atoms with Crippen molar-refractivity contribution in [2.75, 3.05) is 46.2 Å². The Morgan fingerprint density at radius 2 is 1.47 bits per heavy atom. The number of ether oxygens (including phenoxy) is 5. The van der Waals surface area contributed by atoms with E-state index in [-0.39, 0.29) is 10.8 Å². The fourth-order valence-electron chi connectivity index (χ4n) is 2.28. The molecule has 4 heterocycles. The normalized spacial score (nSPS) is 43.4. The topological polar surface area (TPSA) is 46.2 Å². The van der Waals surface area contributed by atoms with Crippen LogP contribution in [0.1, 0.15) is 13.8 Å². The third-order valence-electron chi connectivity index (χ3n) is 3.68. The molecule has 0 aromatic rings. The van der Waals surface area contributed by atoms with Gasteiger partial charge in [0.05, 0.1) is 51.7 Å². The first-order valence-electron chi connectivity index (χ1n) is 6.11. The van der Waals surface area contributed by atoms with Gasteiger partial charge in [0, 0.05) is 12.3 Å². The van der Waals surface area contributed by atoms with Crippen LogP contribution in [-0.2, 0) is 23.7 Å². The van der Waals surface area contributed by atoms with Gasteiger partial charge in [0.1, 0.15) is 0 Å². The standard InChI is InChI=1S/C12H20O5/c1-10(3-13-4-10)5-14-6-12-7-15-11(2,16-8-12)17-9-12/h3-9H2,1-2H3. The molecule has 0 radical (unpaired) electrons. The Bertz CT molecular complexity index is 275. The van der Waals surface area contributed by atoms with Crippen molar-refractivity contribution in [1.82, 2.24) is 0 Å². The van der Waals surface area contributed by atoms with Gasteiger partial charge in [0.15, 0.2) is 0 Å². The summed E-state index contributed by atoms with van der Waals surface area (Å²) in [6, 6.07) is 0. The van der Waals surface area contributed by atoms with Crippen LogP contribution in [0.5, 0.6) is 0 Å². The average Bonchev–Trinajstić information content (AvgIpc) is 2.29. The Hall–Kier alpha value is -0.200. The molecule has 17 heavy (non-hydrogen) atoms. The maximum absolute atomic E-state index is 5.81. The van der Waals surface area contributed by atoms with Gasteiger partial charge < -0.3 is 23.7 Å². The molecule has 0 N–H and O–H groups in total. The first kappa shape index (κ1) is 11.9. The Morgan fingerprint density at radius 3 is 1.94 bits per heavy atom. The summed E-state index contributed by atoms with van der Waals surface area (Å²) in [5, 5.41) is 0. The van der Waals surface area contributed by atoms with E-state index in [2.05, 4.69) is 6.92 Å². The van der Waals surface area contributed by atoms with Crippen LogP contribution in [0.2, 0.25) is 0 Å². The Labute approximate surface area is 101 Å². The minimum atomic E-state index is -0.824. The second-order valence-corrected chi connectivity index (χ2v) is 6.02. The molecule has 2 bridgehead atoms. The van der Waals surface area contributed by atoms with Crippen LogP contribution < -0.4 is 0 Å². The van der Waals surface area contributed by atoms with Gasteiger partial charge in [-0.15, -0.1) is 0 Å². The molecule has 0 amide bonds. The lowest BCUT2D eigenvalue weighted by molar-refractivity contribution is -0.462. The summed E-state index contributed by atoms with van der Waals surface area (Å²) in [5.74, 6) is -0.824. The minimum Gasteiger partial charge on any atom is -0.380 e. The molecule has 5 heteroatoms. The Balaban J connectivity index is 1.48. The molecule has 4 rings (SSSR count). The van der Waals surface area contributed by atoms with Crippen molar-refractivity contribution in [3.63, 3.8) is 0 Å². The second-order valence-electron chi connectivity index (χ2n) is 6.02. The van der Waals surface area contributed by atoms with E-state index >= 15 is 0 Å². The summed E-state index contributed by atoms with van der Waals surface area (Å²) >= 11 is 0. The lowest BCUT2D eigenvalue weighted by atomic mass is 9.88. The SMILES string of the molecule is CC1(COCC23COC(C)(OC2)OC3)COC1. The first-order valence-corrected chi connectivity index (χ1v) is 6.11. The van der Waals surface area contributed by atoms with Gasteiger partial charge in [-0.1, -0.05) is 6.92 Å². The van der Waals surface area contributed by atoms with Gasteiger partial charge >= 0.3 is 0 Å².